The number of hydrogen-bond acceptors (Lipinski definition) is 7. The first-order valence-electron chi connectivity index (χ1n) is 9.62. The molecule has 0 radical (unpaired) electrons. The smallest absolute Gasteiger partial charge is 0.125 e. The molecule has 1 aromatic carbocycles. The van der Waals surface area contributed by atoms with Crippen molar-refractivity contribution in [1.82, 2.24) is 15.3 Å². The second kappa shape index (κ2) is 6.49. The zero-order valence-electron chi connectivity index (χ0n) is 15.3. The Bertz CT molecular complexity index is 1160. The first-order chi connectivity index (χ1) is 13.8. The topological polar surface area (TPSA) is 59.1 Å². The molecule has 0 unspecified atom stereocenters. The summed E-state index contributed by atoms with van der Waals surface area (Å²) >= 11 is 3.49. The molecule has 2 fully saturated rings. The minimum absolute atomic E-state index is 0.115. The number of thiazole rings is 1. The lowest BCUT2D eigenvalue weighted by atomic mass is 9.83. The van der Waals surface area contributed by atoms with Crippen LogP contribution in [-0.2, 0) is 4.74 Å². The Hall–Kier alpha value is -2.06. The maximum atomic E-state index is 5.75. The Labute approximate surface area is 170 Å². The van der Waals surface area contributed by atoms with Crippen LogP contribution in [0.2, 0.25) is 0 Å². The van der Waals surface area contributed by atoms with E-state index in [0.29, 0.717) is 5.92 Å². The van der Waals surface area contributed by atoms with Crippen LogP contribution < -0.4 is 10.6 Å². The summed E-state index contributed by atoms with van der Waals surface area (Å²) in [6.45, 7) is 2.74. The second-order valence-electron chi connectivity index (χ2n) is 7.61. The SMILES string of the molecule is c1cc(Nc2ccc3scnc3c2)c2cc([C@@H]3CCN[C@]34CCOC4)sc2n1. The van der Waals surface area contributed by atoms with Gasteiger partial charge < -0.3 is 15.4 Å². The van der Waals surface area contributed by atoms with Gasteiger partial charge in [0.25, 0.3) is 0 Å². The van der Waals surface area contributed by atoms with Crippen molar-refractivity contribution in [3.63, 3.8) is 0 Å². The van der Waals surface area contributed by atoms with Crippen LogP contribution in [0.25, 0.3) is 20.4 Å². The molecule has 0 saturated carbocycles. The van der Waals surface area contributed by atoms with Crippen molar-refractivity contribution in [2.24, 2.45) is 0 Å². The summed E-state index contributed by atoms with van der Waals surface area (Å²) in [6.07, 6.45) is 4.16. The summed E-state index contributed by atoms with van der Waals surface area (Å²) in [6, 6.07) is 10.8. The van der Waals surface area contributed by atoms with Gasteiger partial charge in [0.15, 0.2) is 0 Å². The maximum Gasteiger partial charge on any atom is 0.125 e. The standard InChI is InChI=1S/C21H20N4OS2/c1-2-18-17(23-12-27-18)9-13(1)25-16-4-6-22-20-14(16)10-19(28-20)15-3-7-24-21(15)5-8-26-11-21/h1-2,4,6,9-10,12,15,24H,3,5,7-8,11H2,(H,22,25)/t15-,21-/m0/s1. The lowest BCUT2D eigenvalue weighted by Crippen LogP contribution is -2.44. The molecule has 5 nitrogen and oxygen atoms in total. The van der Waals surface area contributed by atoms with E-state index in [4.69, 9.17) is 4.74 Å². The predicted molar refractivity (Wildman–Crippen MR) is 116 cm³/mol. The van der Waals surface area contributed by atoms with Gasteiger partial charge in [-0.3, -0.25) is 0 Å². The summed E-state index contributed by atoms with van der Waals surface area (Å²) in [7, 11) is 0. The summed E-state index contributed by atoms with van der Waals surface area (Å²) < 4.78 is 6.96. The number of pyridine rings is 1. The van der Waals surface area contributed by atoms with Crippen molar-refractivity contribution in [1.29, 1.82) is 0 Å². The van der Waals surface area contributed by atoms with Gasteiger partial charge in [0.05, 0.1) is 33.6 Å². The first kappa shape index (κ1) is 16.9. The summed E-state index contributed by atoms with van der Waals surface area (Å²) in [5.74, 6) is 0.508. The fourth-order valence-electron chi connectivity index (χ4n) is 4.60. The summed E-state index contributed by atoms with van der Waals surface area (Å²) in [4.78, 5) is 11.6. The molecule has 0 aliphatic carbocycles. The van der Waals surface area contributed by atoms with Gasteiger partial charge in [0, 0.05) is 34.7 Å². The van der Waals surface area contributed by atoms with Crippen LogP contribution in [-0.4, -0.2) is 35.3 Å². The van der Waals surface area contributed by atoms with E-state index in [1.807, 2.05) is 23.0 Å². The fraction of sp³-hybridized carbons (Fsp3) is 0.333. The fourth-order valence-corrected chi connectivity index (χ4v) is 6.54. The lowest BCUT2D eigenvalue weighted by molar-refractivity contribution is 0.168. The third kappa shape index (κ3) is 2.65. The number of nitrogens with one attached hydrogen (secondary N) is 2. The van der Waals surface area contributed by atoms with E-state index >= 15 is 0 Å². The number of anilines is 2. The summed E-state index contributed by atoms with van der Waals surface area (Å²) in [5, 5.41) is 8.51. The van der Waals surface area contributed by atoms with E-state index in [2.05, 4.69) is 50.9 Å². The van der Waals surface area contributed by atoms with E-state index in [1.165, 1.54) is 21.4 Å². The predicted octanol–water partition coefficient (Wildman–Crippen LogP) is 4.89. The van der Waals surface area contributed by atoms with Gasteiger partial charge in [-0.2, -0.15) is 0 Å². The van der Waals surface area contributed by atoms with E-state index < -0.39 is 0 Å². The zero-order chi connectivity index (χ0) is 18.6. The van der Waals surface area contributed by atoms with Crippen molar-refractivity contribution in [3.8, 4) is 0 Å². The van der Waals surface area contributed by atoms with Crippen LogP contribution in [0, 0.1) is 0 Å². The number of thiophene rings is 1. The Kier molecular flexibility index (Phi) is 3.91. The van der Waals surface area contributed by atoms with Crippen LogP contribution in [0.5, 0.6) is 0 Å². The first-order valence-corrected chi connectivity index (χ1v) is 11.3. The highest BCUT2D eigenvalue weighted by Gasteiger charge is 2.46. The molecule has 2 aliphatic rings. The number of benzene rings is 1. The highest BCUT2D eigenvalue weighted by Crippen LogP contribution is 2.45. The molecule has 2 N–H and O–H groups in total. The normalized spacial score (nSPS) is 24.6. The molecule has 142 valence electrons. The number of nitrogens with zero attached hydrogens (tertiary/aromatic N) is 2. The average molecular weight is 409 g/mol. The Morgan fingerprint density at radius 1 is 1.21 bits per heavy atom. The number of hydrogen-bond donors (Lipinski definition) is 2. The van der Waals surface area contributed by atoms with Gasteiger partial charge in [-0.05, 0) is 49.7 Å². The molecule has 0 bridgehead atoms. The highest BCUT2D eigenvalue weighted by atomic mass is 32.1. The molecule has 0 amide bonds. The third-order valence-electron chi connectivity index (χ3n) is 6.04. The Morgan fingerprint density at radius 3 is 3.14 bits per heavy atom. The van der Waals surface area contributed by atoms with Gasteiger partial charge in [-0.25, -0.2) is 9.97 Å². The third-order valence-corrected chi connectivity index (χ3v) is 8.00. The van der Waals surface area contributed by atoms with Gasteiger partial charge in [0.2, 0.25) is 0 Å². The number of aromatic nitrogens is 2. The summed E-state index contributed by atoms with van der Waals surface area (Å²) in [5.41, 5.74) is 5.20. The maximum absolute atomic E-state index is 5.75. The van der Waals surface area contributed by atoms with Gasteiger partial charge in [0.1, 0.15) is 4.83 Å². The van der Waals surface area contributed by atoms with Crippen molar-refractivity contribution in [3.05, 3.63) is 46.9 Å². The van der Waals surface area contributed by atoms with Crippen molar-refractivity contribution in [2.75, 3.05) is 25.1 Å². The van der Waals surface area contributed by atoms with Crippen molar-refractivity contribution < 1.29 is 4.74 Å². The Balaban J connectivity index is 1.37. The molecule has 7 heteroatoms. The van der Waals surface area contributed by atoms with Crippen molar-refractivity contribution in [2.45, 2.75) is 24.3 Å². The molecule has 2 aliphatic heterocycles. The van der Waals surface area contributed by atoms with Crippen LogP contribution in [0.15, 0.2) is 42.0 Å². The monoisotopic (exact) mass is 408 g/mol. The van der Waals surface area contributed by atoms with Crippen LogP contribution in [0.3, 0.4) is 0 Å². The molecule has 2 saturated heterocycles. The number of fused-ring (bicyclic) bond motifs is 2. The average Bonchev–Trinajstić information content (AvgIpc) is 3.49. The molecule has 1 spiro atoms. The van der Waals surface area contributed by atoms with Crippen LogP contribution in [0.4, 0.5) is 11.4 Å². The van der Waals surface area contributed by atoms with E-state index in [-0.39, 0.29) is 5.54 Å². The molecular weight excluding hydrogens is 388 g/mol. The largest absolute Gasteiger partial charge is 0.379 e. The van der Waals surface area contributed by atoms with E-state index in [0.717, 1.165) is 47.9 Å². The molecule has 4 aromatic rings. The molecule has 3 aromatic heterocycles. The zero-order valence-corrected chi connectivity index (χ0v) is 16.9. The van der Waals surface area contributed by atoms with E-state index in [9.17, 15) is 0 Å². The molecular formula is C21H20N4OS2. The second-order valence-corrected chi connectivity index (χ2v) is 9.56. The van der Waals surface area contributed by atoms with Crippen LogP contribution >= 0.6 is 22.7 Å². The number of rotatable bonds is 3. The highest BCUT2D eigenvalue weighted by molar-refractivity contribution is 7.18. The van der Waals surface area contributed by atoms with Crippen LogP contribution in [0.1, 0.15) is 23.6 Å². The molecule has 2 atom stereocenters. The minimum Gasteiger partial charge on any atom is -0.379 e. The number of ether oxygens (including phenoxy) is 1. The minimum atomic E-state index is 0.115. The van der Waals surface area contributed by atoms with E-state index in [1.54, 1.807) is 11.3 Å². The molecule has 28 heavy (non-hydrogen) atoms. The molecule has 6 rings (SSSR count). The van der Waals surface area contributed by atoms with Gasteiger partial charge in [-0.1, -0.05) is 0 Å². The van der Waals surface area contributed by atoms with Gasteiger partial charge in [-0.15, -0.1) is 22.7 Å². The van der Waals surface area contributed by atoms with Crippen molar-refractivity contribution >= 4 is 54.5 Å². The Morgan fingerprint density at radius 2 is 2.21 bits per heavy atom. The molecule has 5 heterocycles. The quantitative estimate of drug-likeness (QED) is 0.506. The van der Waals surface area contributed by atoms with Gasteiger partial charge >= 0.3 is 0 Å². The lowest BCUT2D eigenvalue weighted by Gasteiger charge is -2.28.